The highest BCUT2D eigenvalue weighted by Crippen LogP contribution is 2.37. The number of aromatic nitrogens is 2. The van der Waals surface area contributed by atoms with Gasteiger partial charge in [0.15, 0.2) is 4.38 Å². The molecule has 134 valence electrons. The Hall–Kier alpha value is -1.55. The van der Waals surface area contributed by atoms with Crippen LogP contribution in [0.2, 0.25) is 0 Å². The lowest BCUT2D eigenvalue weighted by Crippen LogP contribution is -2.31. The standard InChI is InChI=1S/C16H14IN5O2S2/c1-21-15(24)14-13(8-19-21)22(4-5-23)20-16(26-14)25-9-10-2-3-12(17)6-11(10)7-18/h2-3,6,8,23H,4-5,9H2,1H3. The highest BCUT2D eigenvalue weighted by molar-refractivity contribution is 14.1. The van der Waals surface area contributed by atoms with Crippen molar-refractivity contribution >= 4 is 56.2 Å². The van der Waals surface area contributed by atoms with Crippen molar-refractivity contribution in [1.82, 2.24) is 9.78 Å². The first kappa shape index (κ1) is 19.2. The van der Waals surface area contributed by atoms with E-state index in [0.29, 0.717) is 26.3 Å². The molecule has 0 amide bonds. The summed E-state index contributed by atoms with van der Waals surface area (Å²) < 4.78 is 2.98. The van der Waals surface area contributed by atoms with Gasteiger partial charge in [-0.25, -0.2) is 4.68 Å². The molecule has 26 heavy (non-hydrogen) atoms. The predicted molar refractivity (Wildman–Crippen MR) is 112 cm³/mol. The summed E-state index contributed by atoms with van der Waals surface area (Å²) in [5.41, 5.74) is 1.96. The normalized spacial score (nSPS) is 13.2. The summed E-state index contributed by atoms with van der Waals surface area (Å²) in [5, 5.41) is 28.7. The molecule has 0 saturated heterocycles. The van der Waals surface area contributed by atoms with E-state index in [1.807, 2.05) is 18.2 Å². The van der Waals surface area contributed by atoms with Gasteiger partial charge >= 0.3 is 0 Å². The maximum atomic E-state index is 12.4. The number of aliphatic hydroxyl groups excluding tert-OH is 1. The fourth-order valence-electron chi connectivity index (χ4n) is 2.29. The van der Waals surface area contributed by atoms with Crippen LogP contribution in [0.4, 0.5) is 5.69 Å². The Kier molecular flexibility index (Phi) is 6.23. The molecular weight excluding hydrogens is 485 g/mol. The van der Waals surface area contributed by atoms with Crippen LogP contribution in [0.15, 0.2) is 39.2 Å². The number of nitriles is 1. The monoisotopic (exact) mass is 499 g/mol. The Morgan fingerprint density at radius 3 is 3.00 bits per heavy atom. The third kappa shape index (κ3) is 4.06. The molecule has 0 saturated carbocycles. The van der Waals surface area contributed by atoms with E-state index >= 15 is 0 Å². The third-order valence-corrected chi connectivity index (χ3v) is 6.50. The number of aliphatic hydroxyl groups is 1. The molecule has 2 heterocycles. The molecule has 1 aromatic heterocycles. The molecule has 1 aromatic carbocycles. The van der Waals surface area contributed by atoms with Gasteiger partial charge in [0.25, 0.3) is 5.56 Å². The van der Waals surface area contributed by atoms with Crippen LogP contribution in [-0.2, 0) is 12.8 Å². The van der Waals surface area contributed by atoms with Crippen molar-refractivity contribution < 1.29 is 5.11 Å². The number of hydrogen-bond donors (Lipinski definition) is 1. The SMILES string of the molecule is Cn1ncc2c(c1=O)SC(SCc1ccc(I)cc1C#N)=NN2CCO. The van der Waals surface area contributed by atoms with Crippen molar-refractivity contribution in [2.75, 3.05) is 18.2 Å². The van der Waals surface area contributed by atoms with E-state index < -0.39 is 0 Å². The summed E-state index contributed by atoms with van der Waals surface area (Å²) in [5.74, 6) is 0.569. The number of halogens is 1. The molecule has 1 aliphatic rings. The first-order valence-electron chi connectivity index (χ1n) is 7.56. The maximum Gasteiger partial charge on any atom is 0.282 e. The second-order valence-corrected chi connectivity index (χ2v) is 8.77. The highest BCUT2D eigenvalue weighted by Gasteiger charge is 2.24. The van der Waals surface area contributed by atoms with E-state index in [9.17, 15) is 15.2 Å². The van der Waals surface area contributed by atoms with Crippen molar-refractivity contribution in [1.29, 1.82) is 5.26 Å². The summed E-state index contributed by atoms with van der Waals surface area (Å²) in [6.07, 6.45) is 1.58. The van der Waals surface area contributed by atoms with Gasteiger partial charge < -0.3 is 5.11 Å². The number of β-amino-alcohol motifs (C(OH)–C–C–N with tert-alkyl or cyclic N) is 1. The lowest BCUT2D eigenvalue weighted by molar-refractivity contribution is 0.302. The maximum absolute atomic E-state index is 12.4. The Bertz CT molecular complexity index is 970. The minimum Gasteiger partial charge on any atom is -0.394 e. The van der Waals surface area contributed by atoms with Crippen molar-refractivity contribution in [2.24, 2.45) is 12.1 Å². The molecule has 0 atom stereocenters. The first-order chi connectivity index (χ1) is 12.5. The van der Waals surface area contributed by atoms with Crippen LogP contribution in [0.1, 0.15) is 11.1 Å². The molecule has 7 nitrogen and oxygen atoms in total. The van der Waals surface area contributed by atoms with Gasteiger partial charge in [0, 0.05) is 16.4 Å². The molecule has 0 aliphatic carbocycles. The Morgan fingerprint density at radius 1 is 1.46 bits per heavy atom. The molecule has 0 radical (unpaired) electrons. The minimum absolute atomic E-state index is 0.0868. The van der Waals surface area contributed by atoms with Gasteiger partial charge in [0.05, 0.1) is 36.7 Å². The summed E-state index contributed by atoms with van der Waals surface area (Å²) in [4.78, 5) is 12.9. The van der Waals surface area contributed by atoms with Gasteiger partial charge in [0.2, 0.25) is 0 Å². The number of rotatable bonds is 4. The molecule has 0 unspecified atom stereocenters. The average molecular weight is 499 g/mol. The van der Waals surface area contributed by atoms with Gasteiger partial charge in [0.1, 0.15) is 4.90 Å². The Balaban J connectivity index is 1.86. The number of thioether (sulfide) groups is 2. The number of hydrazone groups is 1. The van der Waals surface area contributed by atoms with Gasteiger partial charge in [-0.2, -0.15) is 15.5 Å². The second kappa shape index (κ2) is 8.43. The van der Waals surface area contributed by atoms with Gasteiger partial charge in [-0.15, -0.1) is 0 Å². The number of benzene rings is 1. The van der Waals surface area contributed by atoms with Crippen LogP contribution < -0.4 is 10.6 Å². The van der Waals surface area contributed by atoms with Crippen LogP contribution in [-0.4, -0.2) is 32.4 Å². The predicted octanol–water partition coefficient (Wildman–Crippen LogP) is 2.37. The smallest absolute Gasteiger partial charge is 0.282 e. The van der Waals surface area contributed by atoms with Crippen LogP contribution in [0.25, 0.3) is 0 Å². The zero-order valence-corrected chi connectivity index (χ0v) is 17.5. The second-order valence-electron chi connectivity index (χ2n) is 5.30. The van der Waals surface area contributed by atoms with E-state index in [4.69, 9.17) is 0 Å². The van der Waals surface area contributed by atoms with Gasteiger partial charge in [-0.3, -0.25) is 9.80 Å². The van der Waals surface area contributed by atoms with E-state index in [0.717, 1.165) is 9.13 Å². The van der Waals surface area contributed by atoms with E-state index in [-0.39, 0.29) is 18.7 Å². The summed E-state index contributed by atoms with van der Waals surface area (Å²) in [6.45, 7) is 0.190. The van der Waals surface area contributed by atoms with Gasteiger partial charge in [-0.1, -0.05) is 29.6 Å². The van der Waals surface area contributed by atoms with Crippen LogP contribution in [0.3, 0.4) is 0 Å². The number of aryl methyl sites for hydroxylation is 1. The Morgan fingerprint density at radius 2 is 2.27 bits per heavy atom. The molecule has 1 aliphatic heterocycles. The zero-order valence-electron chi connectivity index (χ0n) is 13.7. The van der Waals surface area contributed by atoms with E-state index in [1.54, 1.807) is 18.3 Å². The summed E-state index contributed by atoms with van der Waals surface area (Å²) in [6, 6.07) is 7.96. The van der Waals surface area contributed by atoms with Crippen molar-refractivity contribution in [2.45, 2.75) is 10.6 Å². The van der Waals surface area contributed by atoms with E-state index in [1.165, 1.54) is 28.2 Å². The molecule has 3 rings (SSSR count). The molecule has 0 spiro atoms. The molecule has 2 aromatic rings. The number of hydrogen-bond acceptors (Lipinski definition) is 8. The number of fused-ring (bicyclic) bond motifs is 1. The van der Waals surface area contributed by atoms with E-state index in [2.05, 4.69) is 38.9 Å². The average Bonchev–Trinajstić information content (AvgIpc) is 2.64. The third-order valence-electron chi connectivity index (χ3n) is 3.60. The molecule has 0 fully saturated rings. The fourth-order valence-corrected chi connectivity index (χ4v) is 4.93. The molecule has 1 N–H and O–H groups in total. The molecule has 10 heteroatoms. The number of anilines is 1. The van der Waals surface area contributed by atoms with Crippen LogP contribution >= 0.6 is 46.1 Å². The van der Waals surface area contributed by atoms with Gasteiger partial charge in [-0.05, 0) is 40.3 Å². The highest BCUT2D eigenvalue weighted by atomic mass is 127. The van der Waals surface area contributed by atoms with Crippen molar-refractivity contribution in [3.8, 4) is 6.07 Å². The topological polar surface area (TPSA) is 94.5 Å². The first-order valence-corrected chi connectivity index (χ1v) is 10.4. The molecule has 0 bridgehead atoms. The van der Waals surface area contributed by atoms with Crippen molar-refractivity contribution in [3.05, 3.63) is 49.4 Å². The largest absolute Gasteiger partial charge is 0.394 e. The summed E-state index contributed by atoms with van der Waals surface area (Å²) >= 11 is 4.93. The van der Waals surface area contributed by atoms with Crippen LogP contribution in [0, 0.1) is 14.9 Å². The molecular formula is C16H14IN5O2S2. The minimum atomic E-state index is -0.199. The lowest BCUT2D eigenvalue weighted by Gasteiger charge is -2.25. The lowest BCUT2D eigenvalue weighted by atomic mass is 10.1. The quantitative estimate of drug-likeness (QED) is 0.646. The van der Waals surface area contributed by atoms with Crippen LogP contribution in [0.5, 0.6) is 0 Å². The number of nitrogens with zero attached hydrogens (tertiary/aromatic N) is 5. The zero-order chi connectivity index (χ0) is 18.7. The van der Waals surface area contributed by atoms with Crippen molar-refractivity contribution in [3.63, 3.8) is 0 Å². The summed E-state index contributed by atoms with van der Waals surface area (Å²) in [7, 11) is 1.60. The Labute approximate surface area is 172 Å². The fraction of sp³-hybridized carbons (Fsp3) is 0.250.